The van der Waals surface area contributed by atoms with Crippen LogP contribution < -0.4 is 0 Å². The van der Waals surface area contributed by atoms with Crippen molar-refractivity contribution >= 4 is 10.9 Å². The Morgan fingerprint density at radius 3 is 2.80 bits per heavy atom. The van der Waals surface area contributed by atoms with Gasteiger partial charge in [0.25, 0.3) is 0 Å². The molecule has 0 radical (unpaired) electrons. The highest BCUT2D eigenvalue weighted by Gasteiger charge is 2.05. The molecular formula is C13H17NO. The lowest BCUT2D eigenvalue weighted by Gasteiger charge is -2.03. The highest BCUT2D eigenvalue weighted by molar-refractivity contribution is 5.81. The zero-order valence-electron chi connectivity index (χ0n) is 9.58. The minimum absolute atomic E-state index is 0.695. The van der Waals surface area contributed by atoms with Crippen LogP contribution in [0.15, 0.2) is 24.3 Å². The second kappa shape index (κ2) is 4.07. The second-order valence-electron chi connectivity index (χ2n) is 3.89. The van der Waals surface area contributed by atoms with E-state index in [1.807, 2.05) is 6.92 Å². The predicted molar refractivity (Wildman–Crippen MR) is 63.0 cm³/mol. The molecule has 0 unspecified atom stereocenters. The van der Waals surface area contributed by atoms with Crippen molar-refractivity contribution in [3.63, 3.8) is 0 Å². The molecule has 80 valence electrons. The fourth-order valence-electron chi connectivity index (χ4n) is 1.87. The maximum atomic E-state index is 5.44. The number of ether oxygens (including phenoxy) is 1. The maximum Gasteiger partial charge on any atom is 0.0867 e. The van der Waals surface area contributed by atoms with E-state index in [-0.39, 0.29) is 0 Å². The summed E-state index contributed by atoms with van der Waals surface area (Å²) >= 11 is 0. The van der Waals surface area contributed by atoms with Crippen LogP contribution in [0.3, 0.4) is 0 Å². The Labute approximate surface area is 90.5 Å². The maximum absolute atomic E-state index is 5.44. The molecule has 0 aliphatic heterocycles. The number of hydrogen-bond donors (Lipinski definition) is 0. The molecule has 0 aliphatic rings. The molecular weight excluding hydrogens is 186 g/mol. The van der Waals surface area contributed by atoms with Crippen molar-refractivity contribution < 1.29 is 4.74 Å². The van der Waals surface area contributed by atoms with E-state index in [9.17, 15) is 0 Å². The summed E-state index contributed by atoms with van der Waals surface area (Å²) in [6.45, 7) is 5.60. The molecule has 1 aromatic carbocycles. The lowest BCUT2D eigenvalue weighted by molar-refractivity contribution is 0.129. The van der Waals surface area contributed by atoms with Gasteiger partial charge in [0.1, 0.15) is 0 Å². The number of hydrogen-bond acceptors (Lipinski definition) is 1. The molecule has 0 N–H and O–H groups in total. The van der Waals surface area contributed by atoms with Crippen LogP contribution >= 0.6 is 0 Å². The normalized spacial score (nSPS) is 11.1. The SMILES string of the molecule is CCOCc1cc2cc(C)ccc2n1C. The zero-order valence-corrected chi connectivity index (χ0v) is 9.58. The molecule has 1 aromatic heterocycles. The van der Waals surface area contributed by atoms with Gasteiger partial charge in [0.2, 0.25) is 0 Å². The lowest BCUT2D eigenvalue weighted by Crippen LogP contribution is -1.98. The average Bonchev–Trinajstić information content (AvgIpc) is 2.52. The average molecular weight is 203 g/mol. The van der Waals surface area contributed by atoms with E-state index < -0.39 is 0 Å². The predicted octanol–water partition coefficient (Wildman–Crippen LogP) is 3.02. The molecule has 0 fully saturated rings. The highest BCUT2D eigenvalue weighted by atomic mass is 16.5. The summed E-state index contributed by atoms with van der Waals surface area (Å²) in [5.74, 6) is 0. The molecule has 0 saturated heterocycles. The Morgan fingerprint density at radius 2 is 2.07 bits per heavy atom. The third kappa shape index (κ3) is 1.90. The Morgan fingerprint density at radius 1 is 1.27 bits per heavy atom. The zero-order chi connectivity index (χ0) is 10.8. The lowest BCUT2D eigenvalue weighted by atomic mass is 10.2. The van der Waals surface area contributed by atoms with Gasteiger partial charge in [-0.15, -0.1) is 0 Å². The van der Waals surface area contributed by atoms with Crippen molar-refractivity contribution in [1.82, 2.24) is 4.57 Å². The van der Waals surface area contributed by atoms with Gasteiger partial charge >= 0.3 is 0 Å². The summed E-state index contributed by atoms with van der Waals surface area (Å²) in [5.41, 5.74) is 3.81. The van der Waals surface area contributed by atoms with E-state index >= 15 is 0 Å². The number of rotatable bonds is 3. The van der Waals surface area contributed by atoms with E-state index in [1.165, 1.54) is 22.2 Å². The van der Waals surface area contributed by atoms with Gasteiger partial charge in [-0.1, -0.05) is 11.6 Å². The van der Waals surface area contributed by atoms with Crippen molar-refractivity contribution in [2.45, 2.75) is 20.5 Å². The Kier molecular flexibility index (Phi) is 2.78. The van der Waals surface area contributed by atoms with Gasteiger partial charge in [-0.2, -0.15) is 0 Å². The van der Waals surface area contributed by atoms with Gasteiger partial charge in [-0.25, -0.2) is 0 Å². The second-order valence-corrected chi connectivity index (χ2v) is 3.89. The van der Waals surface area contributed by atoms with Crippen molar-refractivity contribution in [3.05, 3.63) is 35.5 Å². The number of aryl methyl sites for hydroxylation is 2. The van der Waals surface area contributed by atoms with Gasteiger partial charge in [0.15, 0.2) is 0 Å². The van der Waals surface area contributed by atoms with Gasteiger partial charge in [0.05, 0.1) is 6.61 Å². The van der Waals surface area contributed by atoms with E-state index in [4.69, 9.17) is 4.74 Å². The minimum atomic E-state index is 0.695. The fourth-order valence-corrected chi connectivity index (χ4v) is 1.87. The van der Waals surface area contributed by atoms with E-state index in [2.05, 4.69) is 42.8 Å². The number of nitrogens with zero attached hydrogens (tertiary/aromatic N) is 1. The molecule has 2 rings (SSSR count). The van der Waals surface area contributed by atoms with Crippen LogP contribution in [0.5, 0.6) is 0 Å². The number of fused-ring (bicyclic) bond motifs is 1. The van der Waals surface area contributed by atoms with Crippen LogP contribution in [-0.2, 0) is 18.4 Å². The molecule has 0 amide bonds. The van der Waals surface area contributed by atoms with Crippen LogP contribution in [0, 0.1) is 6.92 Å². The van der Waals surface area contributed by atoms with Crippen molar-refractivity contribution in [2.24, 2.45) is 7.05 Å². The third-order valence-electron chi connectivity index (χ3n) is 2.75. The van der Waals surface area contributed by atoms with Crippen LogP contribution in [0.25, 0.3) is 10.9 Å². The van der Waals surface area contributed by atoms with Gasteiger partial charge in [-0.05, 0) is 32.0 Å². The van der Waals surface area contributed by atoms with Gasteiger partial charge < -0.3 is 9.30 Å². The highest BCUT2D eigenvalue weighted by Crippen LogP contribution is 2.20. The summed E-state index contributed by atoms with van der Waals surface area (Å²) in [5, 5.41) is 1.30. The van der Waals surface area contributed by atoms with Crippen molar-refractivity contribution in [2.75, 3.05) is 6.61 Å². The van der Waals surface area contributed by atoms with E-state index in [1.54, 1.807) is 0 Å². The molecule has 0 spiro atoms. The number of benzene rings is 1. The first-order valence-electron chi connectivity index (χ1n) is 5.35. The molecule has 0 aliphatic carbocycles. The Balaban J connectivity index is 2.44. The molecule has 1 heterocycles. The third-order valence-corrected chi connectivity index (χ3v) is 2.75. The summed E-state index contributed by atoms with van der Waals surface area (Å²) in [4.78, 5) is 0. The van der Waals surface area contributed by atoms with Gasteiger partial charge in [-0.3, -0.25) is 0 Å². The largest absolute Gasteiger partial charge is 0.376 e. The standard InChI is InChI=1S/C13H17NO/c1-4-15-9-12-8-11-7-10(2)5-6-13(11)14(12)3/h5-8H,4,9H2,1-3H3. The monoisotopic (exact) mass is 203 g/mol. The van der Waals surface area contributed by atoms with Crippen molar-refractivity contribution in [1.29, 1.82) is 0 Å². The smallest absolute Gasteiger partial charge is 0.0867 e. The number of aromatic nitrogens is 1. The first kappa shape index (κ1) is 10.2. The minimum Gasteiger partial charge on any atom is -0.376 e. The molecule has 2 aromatic rings. The van der Waals surface area contributed by atoms with Gasteiger partial charge in [0, 0.05) is 30.3 Å². The van der Waals surface area contributed by atoms with E-state index in [0.717, 1.165) is 6.61 Å². The molecule has 15 heavy (non-hydrogen) atoms. The Hall–Kier alpha value is -1.28. The summed E-state index contributed by atoms with van der Waals surface area (Å²) in [6, 6.07) is 8.73. The molecule has 2 heteroatoms. The first-order valence-corrected chi connectivity index (χ1v) is 5.35. The summed E-state index contributed by atoms with van der Waals surface area (Å²) in [6.07, 6.45) is 0. The van der Waals surface area contributed by atoms with Crippen LogP contribution in [-0.4, -0.2) is 11.2 Å². The Bertz CT molecular complexity index is 471. The fraction of sp³-hybridized carbons (Fsp3) is 0.385. The van der Waals surface area contributed by atoms with Crippen LogP contribution in [0.1, 0.15) is 18.2 Å². The summed E-state index contributed by atoms with van der Waals surface area (Å²) < 4.78 is 7.64. The van der Waals surface area contributed by atoms with E-state index in [0.29, 0.717) is 6.61 Å². The summed E-state index contributed by atoms with van der Waals surface area (Å²) in [7, 11) is 2.09. The van der Waals surface area contributed by atoms with Crippen LogP contribution in [0.4, 0.5) is 0 Å². The molecule has 2 nitrogen and oxygen atoms in total. The quantitative estimate of drug-likeness (QED) is 0.748. The molecule has 0 atom stereocenters. The van der Waals surface area contributed by atoms with Crippen LogP contribution in [0.2, 0.25) is 0 Å². The molecule has 0 bridgehead atoms. The molecule has 0 saturated carbocycles. The topological polar surface area (TPSA) is 14.2 Å². The van der Waals surface area contributed by atoms with Crippen molar-refractivity contribution in [3.8, 4) is 0 Å². The first-order chi connectivity index (χ1) is 7.22.